The first-order valence-electron chi connectivity index (χ1n) is 10.2. The quantitative estimate of drug-likeness (QED) is 0.549. The van der Waals surface area contributed by atoms with Crippen molar-refractivity contribution in [2.45, 2.75) is 38.8 Å². The second-order valence-corrected chi connectivity index (χ2v) is 9.07. The monoisotopic (exact) mass is 467 g/mol. The number of nitrogens with zero attached hydrogens (tertiary/aromatic N) is 1. The summed E-state index contributed by atoms with van der Waals surface area (Å²) in [5.41, 5.74) is 3.67. The third-order valence-corrected chi connectivity index (χ3v) is 6.66. The summed E-state index contributed by atoms with van der Waals surface area (Å²) in [7, 11) is 0. The van der Waals surface area contributed by atoms with Crippen LogP contribution in [0.5, 0.6) is 0 Å². The molecule has 30 heavy (non-hydrogen) atoms. The van der Waals surface area contributed by atoms with E-state index in [1.807, 2.05) is 50.2 Å². The van der Waals surface area contributed by atoms with Crippen molar-refractivity contribution in [2.75, 3.05) is 13.2 Å². The summed E-state index contributed by atoms with van der Waals surface area (Å²) >= 11 is 3.52. The molecule has 2 aliphatic rings. The van der Waals surface area contributed by atoms with Gasteiger partial charge in [-0.05, 0) is 67.6 Å². The van der Waals surface area contributed by atoms with Crippen LogP contribution in [-0.2, 0) is 4.74 Å². The summed E-state index contributed by atoms with van der Waals surface area (Å²) in [6.45, 7) is 5.09. The Morgan fingerprint density at radius 3 is 2.67 bits per heavy atom. The van der Waals surface area contributed by atoms with Crippen molar-refractivity contribution in [3.8, 4) is 0 Å². The molecule has 1 saturated heterocycles. The first kappa shape index (κ1) is 19.5. The third kappa shape index (κ3) is 3.10. The van der Waals surface area contributed by atoms with Gasteiger partial charge in [0, 0.05) is 17.6 Å². The van der Waals surface area contributed by atoms with Crippen LogP contribution in [-0.4, -0.2) is 30.1 Å². The lowest BCUT2D eigenvalue weighted by molar-refractivity contribution is 0.0486. The van der Waals surface area contributed by atoms with Crippen LogP contribution in [0.25, 0.3) is 11.0 Å². The molecule has 1 aromatic heterocycles. The van der Waals surface area contributed by atoms with Crippen LogP contribution in [0.1, 0.15) is 51.7 Å². The molecule has 2 aromatic carbocycles. The summed E-state index contributed by atoms with van der Waals surface area (Å²) < 4.78 is 12.8. The topological polar surface area (TPSA) is 59.8 Å². The Morgan fingerprint density at radius 2 is 1.93 bits per heavy atom. The number of carbonyl (C=O) groups excluding carboxylic acids is 1. The van der Waals surface area contributed by atoms with Crippen molar-refractivity contribution in [2.24, 2.45) is 0 Å². The van der Waals surface area contributed by atoms with Crippen LogP contribution in [0.2, 0.25) is 0 Å². The van der Waals surface area contributed by atoms with Crippen LogP contribution < -0.4 is 5.43 Å². The Labute approximate surface area is 182 Å². The predicted molar refractivity (Wildman–Crippen MR) is 118 cm³/mol. The zero-order valence-corrected chi connectivity index (χ0v) is 18.5. The van der Waals surface area contributed by atoms with E-state index in [-0.39, 0.29) is 23.2 Å². The average Bonchev–Trinajstić information content (AvgIpc) is 3.32. The molecule has 0 bridgehead atoms. The second kappa shape index (κ2) is 7.36. The fraction of sp³-hybridized carbons (Fsp3) is 0.333. The minimum Gasteiger partial charge on any atom is -0.450 e. The standard InChI is InChI=1S/C24H22BrNO4/c1-13-9-18-19(10-14(13)2)30-23-20(22(18)27)21(15-5-3-6-16(25)11-15)26(24(23)28)12-17-7-4-8-29-17/h3,5-6,9-11,17,21H,4,7-8,12H2,1-2H3/t17-,21-/m1/s1. The number of carbonyl (C=O) groups is 1. The highest BCUT2D eigenvalue weighted by Gasteiger charge is 2.44. The Morgan fingerprint density at radius 1 is 1.13 bits per heavy atom. The highest BCUT2D eigenvalue weighted by molar-refractivity contribution is 9.10. The first-order chi connectivity index (χ1) is 14.4. The minimum atomic E-state index is -0.489. The Bertz CT molecular complexity index is 1230. The van der Waals surface area contributed by atoms with Gasteiger partial charge in [0.15, 0.2) is 5.43 Å². The molecular formula is C24H22BrNO4. The Balaban J connectivity index is 1.73. The van der Waals surface area contributed by atoms with Gasteiger partial charge in [-0.2, -0.15) is 0 Å². The molecule has 0 saturated carbocycles. The molecule has 1 fully saturated rings. The second-order valence-electron chi connectivity index (χ2n) is 8.16. The van der Waals surface area contributed by atoms with E-state index in [0.29, 0.717) is 29.7 Å². The van der Waals surface area contributed by atoms with Gasteiger partial charge >= 0.3 is 0 Å². The molecule has 154 valence electrons. The van der Waals surface area contributed by atoms with Gasteiger partial charge in [-0.25, -0.2) is 0 Å². The van der Waals surface area contributed by atoms with E-state index in [1.54, 1.807) is 4.90 Å². The first-order valence-corrected chi connectivity index (χ1v) is 11.0. The van der Waals surface area contributed by atoms with Crippen molar-refractivity contribution in [3.05, 3.63) is 79.1 Å². The summed E-state index contributed by atoms with van der Waals surface area (Å²) in [6.07, 6.45) is 1.88. The molecule has 1 amide bonds. The molecule has 2 aliphatic heterocycles. The average molecular weight is 468 g/mol. The number of fused-ring (bicyclic) bond motifs is 2. The summed E-state index contributed by atoms with van der Waals surface area (Å²) in [5.74, 6) is -0.0959. The summed E-state index contributed by atoms with van der Waals surface area (Å²) in [6, 6.07) is 11.0. The van der Waals surface area contributed by atoms with Gasteiger partial charge in [-0.3, -0.25) is 9.59 Å². The lowest BCUT2D eigenvalue weighted by Crippen LogP contribution is -2.36. The molecule has 0 aliphatic carbocycles. The van der Waals surface area contributed by atoms with Gasteiger partial charge in [-0.15, -0.1) is 0 Å². The largest absolute Gasteiger partial charge is 0.450 e. The van der Waals surface area contributed by atoms with Gasteiger partial charge in [-0.1, -0.05) is 28.1 Å². The molecule has 5 nitrogen and oxygen atoms in total. The fourth-order valence-electron chi connectivity index (χ4n) is 4.49. The number of halogens is 1. The molecule has 0 spiro atoms. The highest BCUT2D eigenvalue weighted by atomic mass is 79.9. The Kier molecular flexibility index (Phi) is 4.79. The molecule has 6 heteroatoms. The van der Waals surface area contributed by atoms with E-state index in [1.165, 1.54) is 0 Å². The van der Waals surface area contributed by atoms with Crippen LogP contribution in [0, 0.1) is 13.8 Å². The molecule has 3 heterocycles. The van der Waals surface area contributed by atoms with E-state index in [2.05, 4.69) is 15.9 Å². The van der Waals surface area contributed by atoms with Gasteiger partial charge in [0.2, 0.25) is 5.76 Å². The molecular weight excluding hydrogens is 446 g/mol. The fourth-order valence-corrected chi connectivity index (χ4v) is 4.91. The lowest BCUT2D eigenvalue weighted by Gasteiger charge is -2.27. The maximum absolute atomic E-state index is 13.6. The number of amides is 1. The van der Waals surface area contributed by atoms with E-state index >= 15 is 0 Å². The van der Waals surface area contributed by atoms with Crippen LogP contribution >= 0.6 is 15.9 Å². The van der Waals surface area contributed by atoms with Crippen molar-refractivity contribution < 1.29 is 13.9 Å². The Hall–Kier alpha value is -2.44. The molecule has 0 unspecified atom stereocenters. The van der Waals surface area contributed by atoms with Crippen LogP contribution in [0.4, 0.5) is 0 Å². The predicted octanol–water partition coefficient (Wildman–Crippen LogP) is 4.90. The minimum absolute atomic E-state index is 0.0214. The van der Waals surface area contributed by atoms with Gasteiger partial charge in [0.1, 0.15) is 5.58 Å². The third-order valence-electron chi connectivity index (χ3n) is 6.17. The molecule has 5 rings (SSSR count). The van der Waals surface area contributed by atoms with Gasteiger partial charge in [0.25, 0.3) is 5.91 Å². The number of hydrogen-bond donors (Lipinski definition) is 0. The molecule has 0 N–H and O–H groups in total. The molecule has 0 radical (unpaired) electrons. The van der Waals surface area contributed by atoms with E-state index in [0.717, 1.165) is 34.0 Å². The maximum Gasteiger partial charge on any atom is 0.291 e. The van der Waals surface area contributed by atoms with Crippen molar-refractivity contribution >= 4 is 32.8 Å². The molecule has 3 aromatic rings. The van der Waals surface area contributed by atoms with Crippen molar-refractivity contribution in [3.63, 3.8) is 0 Å². The van der Waals surface area contributed by atoms with E-state index in [4.69, 9.17) is 9.15 Å². The lowest BCUT2D eigenvalue weighted by atomic mass is 9.97. The summed E-state index contributed by atoms with van der Waals surface area (Å²) in [4.78, 5) is 28.8. The van der Waals surface area contributed by atoms with E-state index in [9.17, 15) is 9.59 Å². The number of aryl methyl sites for hydroxylation is 2. The van der Waals surface area contributed by atoms with Gasteiger partial charge in [0.05, 0.1) is 23.1 Å². The zero-order chi connectivity index (χ0) is 21.0. The molecule has 2 atom stereocenters. The van der Waals surface area contributed by atoms with E-state index < -0.39 is 6.04 Å². The number of benzene rings is 2. The van der Waals surface area contributed by atoms with Gasteiger partial charge < -0.3 is 14.1 Å². The van der Waals surface area contributed by atoms with Crippen LogP contribution in [0.3, 0.4) is 0 Å². The van der Waals surface area contributed by atoms with Crippen LogP contribution in [0.15, 0.2) is 50.1 Å². The SMILES string of the molecule is Cc1cc2oc3c(c(=O)c2cc1C)[C@@H](c1cccc(Br)c1)N(C[C@H]1CCCO1)C3=O. The number of ether oxygens (including phenoxy) is 1. The maximum atomic E-state index is 13.6. The summed E-state index contributed by atoms with van der Waals surface area (Å²) in [5, 5.41) is 0.517. The number of hydrogen-bond acceptors (Lipinski definition) is 4. The highest BCUT2D eigenvalue weighted by Crippen LogP contribution is 2.39. The smallest absolute Gasteiger partial charge is 0.291 e. The van der Waals surface area contributed by atoms with Crippen molar-refractivity contribution in [1.29, 1.82) is 0 Å². The van der Waals surface area contributed by atoms with Crippen molar-refractivity contribution in [1.82, 2.24) is 4.90 Å². The zero-order valence-electron chi connectivity index (χ0n) is 16.9. The normalized spacial score (nSPS) is 20.9. The number of rotatable bonds is 3.